The van der Waals surface area contributed by atoms with Crippen molar-refractivity contribution in [3.8, 4) is 0 Å². The average molecular weight is 240 g/mol. The molecule has 0 bridgehead atoms. The fraction of sp³-hybridized carbons (Fsp3) is 0.750. The van der Waals surface area contributed by atoms with Crippen LogP contribution >= 0.6 is 0 Å². The molecular weight excluding hydrogens is 216 g/mol. The monoisotopic (exact) mass is 240 g/mol. The second-order valence-electron chi connectivity index (χ2n) is 4.35. The Labute approximate surface area is 103 Å². The largest absolute Gasteiger partial charge is 0.395 e. The van der Waals surface area contributed by atoms with Gasteiger partial charge in [0.1, 0.15) is 11.7 Å². The van der Waals surface area contributed by atoms with Gasteiger partial charge >= 0.3 is 0 Å². The minimum atomic E-state index is 0.0954. The third kappa shape index (κ3) is 4.26. The number of aliphatic imine (C=N–C) groups is 1. The van der Waals surface area contributed by atoms with Gasteiger partial charge in [-0.05, 0) is 19.8 Å². The first-order valence-electron chi connectivity index (χ1n) is 6.26. The van der Waals surface area contributed by atoms with E-state index in [-0.39, 0.29) is 6.61 Å². The summed E-state index contributed by atoms with van der Waals surface area (Å²) in [5.41, 5.74) is 6.90. The molecule has 0 aromatic rings. The molecule has 17 heavy (non-hydrogen) atoms. The number of aliphatic hydroxyl groups excluding tert-OH is 1. The third-order valence-electron chi connectivity index (χ3n) is 3.07. The van der Waals surface area contributed by atoms with Gasteiger partial charge in [-0.3, -0.25) is 4.99 Å². The summed E-state index contributed by atoms with van der Waals surface area (Å²) in [6, 6.07) is 0.390. The van der Waals surface area contributed by atoms with E-state index in [1.54, 1.807) is 0 Å². The van der Waals surface area contributed by atoms with Crippen molar-refractivity contribution in [3.63, 3.8) is 0 Å². The maximum Gasteiger partial charge on any atom is 0.125 e. The molecule has 98 valence electrons. The smallest absolute Gasteiger partial charge is 0.125 e. The van der Waals surface area contributed by atoms with E-state index in [0.29, 0.717) is 18.4 Å². The minimum Gasteiger partial charge on any atom is -0.395 e. The standard InChI is InChI=1S/C12H24N4O/c1-9(12(14-2)15-7-8-17)11(13)16-10-5-3-4-6-10/h10,14-15,17H,3-8H2,1-2H3,(H2,13,16)/b12-9+. The zero-order valence-electron chi connectivity index (χ0n) is 10.8. The Morgan fingerprint density at radius 3 is 2.59 bits per heavy atom. The van der Waals surface area contributed by atoms with E-state index in [0.717, 1.165) is 24.2 Å². The van der Waals surface area contributed by atoms with Crippen LogP contribution < -0.4 is 16.4 Å². The number of nitrogens with two attached hydrogens (primary N) is 1. The quantitative estimate of drug-likeness (QED) is 0.398. The lowest BCUT2D eigenvalue weighted by molar-refractivity contribution is 0.296. The van der Waals surface area contributed by atoms with Gasteiger partial charge in [0, 0.05) is 19.2 Å². The summed E-state index contributed by atoms with van der Waals surface area (Å²) in [4.78, 5) is 4.55. The van der Waals surface area contributed by atoms with Crippen LogP contribution in [0.1, 0.15) is 32.6 Å². The van der Waals surface area contributed by atoms with Gasteiger partial charge in [0.05, 0.1) is 12.6 Å². The van der Waals surface area contributed by atoms with Crippen LogP contribution in [0.25, 0.3) is 0 Å². The molecule has 0 aromatic heterocycles. The first-order chi connectivity index (χ1) is 8.19. The molecule has 0 radical (unpaired) electrons. The van der Waals surface area contributed by atoms with Crippen molar-refractivity contribution in [1.82, 2.24) is 10.6 Å². The highest BCUT2D eigenvalue weighted by molar-refractivity contribution is 5.97. The van der Waals surface area contributed by atoms with Crippen LogP contribution in [0.4, 0.5) is 0 Å². The van der Waals surface area contributed by atoms with Crippen LogP contribution in [-0.2, 0) is 0 Å². The number of rotatable bonds is 6. The second kappa shape index (κ2) is 7.17. The van der Waals surface area contributed by atoms with E-state index in [2.05, 4.69) is 15.6 Å². The van der Waals surface area contributed by atoms with E-state index >= 15 is 0 Å². The van der Waals surface area contributed by atoms with Crippen molar-refractivity contribution in [3.05, 3.63) is 11.4 Å². The van der Waals surface area contributed by atoms with E-state index in [1.807, 2.05) is 14.0 Å². The highest BCUT2D eigenvalue weighted by Gasteiger charge is 2.15. The Morgan fingerprint density at radius 2 is 2.06 bits per heavy atom. The van der Waals surface area contributed by atoms with Crippen molar-refractivity contribution in [1.29, 1.82) is 0 Å². The molecule has 0 amide bonds. The lowest BCUT2D eigenvalue weighted by Crippen LogP contribution is -2.31. The summed E-state index contributed by atoms with van der Waals surface area (Å²) in [6.45, 7) is 2.53. The van der Waals surface area contributed by atoms with Gasteiger partial charge in [0.2, 0.25) is 0 Å². The van der Waals surface area contributed by atoms with Gasteiger partial charge < -0.3 is 21.5 Å². The Bertz CT molecular complexity index is 293. The number of hydrogen-bond donors (Lipinski definition) is 4. The number of nitrogens with one attached hydrogen (secondary N) is 2. The third-order valence-corrected chi connectivity index (χ3v) is 3.07. The Balaban J connectivity index is 2.68. The van der Waals surface area contributed by atoms with E-state index in [1.165, 1.54) is 12.8 Å². The molecule has 0 aliphatic heterocycles. The molecule has 5 heteroatoms. The Morgan fingerprint density at radius 1 is 1.41 bits per heavy atom. The SMILES string of the molecule is CN/C(NCCO)=C(/C)C(N)=NC1CCCC1. The van der Waals surface area contributed by atoms with Crippen LogP contribution in [0.15, 0.2) is 16.4 Å². The molecule has 5 nitrogen and oxygen atoms in total. The van der Waals surface area contributed by atoms with Crippen molar-refractivity contribution >= 4 is 5.84 Å². The maximum atomic E-state index is 8.79. The van der Waals surface area contributed by atoms with Crippen molar-refractivity contribution in [2.75, 3.05) is 20.2 Å². The molecule has 5 N–H and O–H groups in total. The van der Waals surface area contributed by atoms with E-state index in [4.69, 9.17) is 10.8 Å². The van der Waals surface area contributed by atoms with Crippen LogP contribution in [0.3, 0.4) is 0 Å². The molecular formula is C12H24N4O. The summed E-state index contributed by atoms with van der Waals surface area (Å²) in [6.07, 6.45) is 4.80. The summed E-state index contributed by atoms with van der Waals surface area (Å²) < 4.78 is 0. The van der Waals surface area contributed by atoms with Gasteiger partial charge in [-0.25, -0.2) is 0 Å². The van der Waals surface area contributed by atoms with Crippen LogP contribution in [0.5, 0.6) is 0 Å². The predicted molar refractivity (Wildman–Crippen MR) is 70.7 cm³/mol. The predicted octanol–water partition coefficient (Wildman–Crippen LogP) is 0.319. The molecule has 0 spiro atoms. The topological polar surface area (TPSA) is 82.7 Å². The summed E-state index contributed by atoms with van der Waals surface area (Å²) in [5, 5.41) is 14.9. The van der Waals surface area contributed by atoms with Crippen molar-refractivity contribution in [2.24, 2.45) is 10.7 Å². The zero-order chi connectivity index (χ0) is 12.7. The van der Waals surface area contributed by atoms with Gasteiger partial charge in [0.15, 0.2) is 0 Å². The van der Waals surface area contributed by atoms with Gasteiger partial charge in [0.25, 0.3) is 0 Å². The number of hydrogen-bond acceptors (Lipinski definition) is 4. The van der Waals surface area contributed by atoms with E-state index < -0.39 is 0 Å². The molecule has 1 saturated carbocycles. The van der Waals surface area contributed by atoms with Crippen LogP contribution in [-0.4, -0.2) is 37.2 Å². The maximum absolute atomic E-state index is 8.79. The first-order valence-corrected chi connectivity index (χ1v) is 6.26. The molecule has 0 unspecified atom stereocenters. The fourth-order valence-corrected chi connectivity index (χ4v) is 2.04. The Kier molecular flexibility index (Phi) is 5.83. The minimum absolute atomic E-state index is 0.0954. The lowest BCUT2D eigenvalue weighted by atomic mass is 10.2. The average Bonchev–Trinajstić information content (AvgIpc) is 2.82. The molecule has 0 atom stereocenters. The highest BCUT2D eigenvalue weighted by Crippen LogP contribution is 2.21. The van der Waals surface area contributed by atoms with Gasteiger partial charge in [-0.15, -0.1) is 0 Å². The number of aliphatic hydroxyl groups is 1. The van der Waals surface area contributed by atoms with Crippen molar-refractivity contribution < 1.29 is 5.11 Å². The van der Waals surface area contributed by atoms with Crippen LogP contribution in [0.2, 0.25) is 0 Å². The summed E-state index contributed by atoms with van der Waals surface area (Å²) in [5.74, 6) is 1.42. The molecule has 1 fully saturated rings. The lowest BCUT2D eigenvalue weighted by Gasteiger charge is -2.14. The molecule has 0 aromatic carbocycles. The molecule has 0 heterocycles. The Hall–Kier alpha value is -1.23. The molecule has 0 saturated heterocycles. The fourth-order valence-electron chi connectivity index (χ4n) is 2.04. The van der Waals surface area contributed by atoms with Crippen molar-refractivity contribution in [2.45, 2.75) is 38.6 Å². The van der Waals surface area contributed by atoms with Gasteiger partial charge in [-0.2, -0.15) is 0 Å². The number of amidine groups is 1. The molecule has 1 aliphatic carbocycles. The second-order valence-corrected chi connectivity index (χ2v) is 4.35. The summed E-state index contributed by atoms with van der Waals surface area (Å²) >= 11 is 0. The summed E-state index contributed by atoms with van der Waals surface area (Å²) in [7, 11) is 1.83. The first kappa shape index (κ1) is 13.8. The molecule has 1 aliphatic rings. The molecule has 1 rings (SSSR count). The van der Waals surface area contributed by atoms with E-state index in [9.17, 15) is 0 Å². The normalized spacial score (nSPS) is 19.1. The highest BCUT2D eigenvalue weighted by atomic mass is 16.3. The zero-order valence-corrected chi connectivity index (χ0v) is 10.8. The van der Waals surface area contributed by atoms with Crippen LogP contribution in [0, 0.1) is 0 Å². The number of nitrogens with zero attached hydrogens (tertiary/aromatic N) is 1. The van der Waals surface area contributed by atoms with Gasteiger partial charge in [-0.1, -0.05) is 12.8 Å².